The molecule has 1 aliphatic rings. The summed E-state index contributed by atoms with van der Waals surface area (Å²) in [6.07, 6.45) is 1.18. The number of quaternary nitrogens is 1. The van der Waals surface area contributed by atoms with E-state index in [1.807, 2.05) is 30.3 Å². The number of carbonyl (C=O) groups is 2. The lowest BCUT2D eigenvalue weighted by molar-refractivity contribution is -0.933. The Morgan fingerprint density at radius 3 is 2.29 bits per heavy atom. The van der Waals surface area contributed by atoms with Crippen molar-refractivity contribution < 1.29 is 14.5 Å². The van der Waals surface area contributed by atoms with Gasteiger partial charge in [0.2, 0.25) is 0 Å². The number of hydrogen-bond acceptors (Lipinski definition) is 2. The number of amides is 3. The first kappa shape index (κ1) is 15.5. The van der Waals surface area contributed by atoms with E-state index in [4.69, 9.17) is 5.73 Å². The fraction of sp³-hybridized carbons (Fsp3) is 0.500. The van der Waals surface area contributed by atoms with Crippen LogP contribution in [-0.4, -0.2) is 25.0 Å². The molecule has 0 saturated carbocycles. The van der Waals surface area contributed by atoms with E-state index in [2.05, 4.69) is 19.2 Å². The molecule has 3 atom stereocenters. The fourth-order valence-corrected chi connectivity index (χ4v) is 3.48. The van der Waals surface area contributed by atoms with E-state index in [0.717, 1.165) is 18.7 Å². The smallest absolute Gasteiger partial charge is 0.319 e. The maximum Gasteiger partial charge on any atom is 0.319 e. The Balaban J connectivity index is 2.27. The minimum absolute atomic E-state index is 0.315. The minimum atomic E-state index is -0.793. The van der Waals surface area contributed by atoms with Gasteiger partial charge >= 0.3 is 6.03 Å². The molecule has 1 aliphatic heterocycles. The van der Waals surface area contributed by atoms with Crippen molar-refractivity contribution >= 4 is 11.9 Å². The van der Waals surface area contributed by atoms with Gasteiger partial charge in [-0.3, -0.25) is 10.1 Å². The van der Waals surface area contributed by atoms with Gasteiger partial charge in [-0.05, 0) is 6.42 Å². The number of imide groups is 1. The summed E-state index contributed by atoms with van der Waals surface area (Å²) in [6, 6.07) is 8.43. The van der Waals surface area contributed by atoms with E-state index in [0.29, 0.717) is 11.8 Å². The number of urea groups is 1. The van der Waals surface area contributed by atoms with E-state index in [1.54, 1.807) is 0 Å². The van der Waals surface area contributed by atoms with E-state index < -0.39 is 6.03 Å². The van der Waals surface area contributed by atoms with Gasteiger partial charge in [-0.25, -0.2) is 4.79 Å². The number of hydrogen-bond donors (Lipinski definition) is 3. The van der Waals surface area contributed by atoms with Crippen molar-refractivity contribution in [3.63, 3.8) is 0 Å². The molecule has 2 rings (SSSR count). The molecule has 0 radical (unpaired) electrons. The summed E-state index contributed by atoms with van der Waals surface area (Å²) in [7, 11) is 0. The maximum atomic E-state index is 12.4. The molecule has 1 aromatic carbocycles. The van der Waals surface area contributed by atoms with Crippen LogP contribution in [0.3, 0.4) is 0 Å². The van der Waals surface area contributed by atoms with Crippen LogP contribution in [0.1, 0.15) is 31.9 Å². The van der Waals surface area contributed by atoms with E-state index in [9.17, 15) is 9.59 Å². The normalized spacial score (nSPS) is 26.9. The largest absolute Gasteiger partial charge is 0.351 e. The van der Waals surface area contributed by atoms with Crippen LogP contribution in [0, 0.1) is 11.8 Å². The van der Waals surface area contributed by atoms with Crippen molar-refractivity contribution in [3.05, 3.63) is 35.9 Å². The molecule has 3 amide bonds. The topological polar surface area (TPSA) is 76.6 Å². The SMILES string of the molecule is C[C@H]1C[C@H](C)C[NH+]([C@H](C(=O)NC(N)=O)c2ccccc2)C1. The van der Waals surface area contributed by atoms with Crippen LogP contribution < -0.4 is 16.0 Å². The van der Waals surface area contributed by atoms with E-state index in [1.165, 1.54) is 11.3 Å². The lowest BCUT2D eigenvalue weighted by Crippen LogP contribution is -3.15. The number of carbonyl (C=O) groups excluding carboxylic acids is 2. The van der Waals surface area contributed by atoms with Crippen LogP contribution in [0.4, 0.5) is 4.79 Å². The highest BCUT2D eigenvalue weighted by atomic mass is 16.2. The van der Waals surface area contributed by atoms with Crippen molar-refractivity contribution in [3.8, 4) is 0 Å². The van der Waals surface area contributed by atoms with Gasteiger partial charge in [0.05, 0.1) is 13.1 Å². The van der Waals surface area contributed by atoms with Crippen molar-refractivity contribution in [2.24, 2.45) is 17.6 Å². The number of nitrogens with two attached hydrogens (primary N) is 1. The summed E-state index contributed by atoms with van der Waals surface area (Å²) in [6.45, 7) is 6.28. The molecule has 0 aromatic heterocycles. The summed E-state index contributed by atoms with van der Waals surface area (Å²) in [4.78, 5) is 24.7. The standard InChI is InChI=1S/C16H23N3O2/c1-11-8-12(2)10-19(9-11)14(15(20)18-16(17)21)13-6-4-3-5-7-13/h3-7,11-12,14H,8-10H2,1-2H3,(H3,17,18,20,21)/p+1/t11-,12-,14-/m0/s1. The average molecular weight is 290 g/mol. The first-order chi connectivity index (χ1) is 9.97. The summed E-state index contributed by atoms with van der Waals surface area (Å²) in [5.41, 5.74) is 6.04. The van der Waals surface area contributed by atoms with Gasteiger partial charge in [0, 0.05) is 17.4 Å². The molecule has 1 saturated heterocycles. The van der Waals surface area contributed by atoms with Crippen LogP contribution in [-0.2, 0) is 4.79 Å². The molecule has 0 spiro atoms. The van der Waals surface area contributed by atoms with Gasteiger partial charge in [-0.15, -0.1) is 0 Å². The van der Waals surface area contributed by atoms with Crippen molar-refractivity contribution in [2.45, 2.75) is 26.3 Å². The van der Waals surface area contributed by atoms with Crippen molar-refractivity contribution in [1.29, 1.82) is 0 Å². The predicted molar refractivity (Wildman–Crippen MR) is 80.6 cm³/mol. The number of primary amides is 1. The van der Waals surface area contributed by atoms with Gasteiger partial charge in [-0.1, -0.05) is 44.2 Å². The Kier molecular flexibility index (Phi) is 4.96. The van der Waals surface area contributed by atoms with Gasteiger partial charge in [0.1, 0.15) is 0 Å². The molecule has 1 heterocycles. The monoisotopic (exact) mass is 290 g/mol. The molecule has 1 fully saturated rings. The van der Waals surface area contributed by atoms with E-state index >= 15 is 0 Å². The molecule has 4 N–H and O–H groups in total. The zero-order valence-electron chi connectivity index (χ0n) is 12.6. The highest BCUT2D eigenvalue weighted by Gasteiger charge is 2.36. The van der Waals surface area contributed by atoms with Crippen LogP contribution in [0.2, 0.25) is 0 Å². The van der Waals surface area contributed by atoms with Gasteiger partial charge in [-0.2, -0.15) is 0 Å². The predicted octanol–water partition coefficient (Wildman–Crippen LogP) is 0.483. The number of likely N-dealkylation sites (tertiary alicyclic amines) is 1. The number of nitrogens with one attached hydrogen (secondary N) is 2. The molecular formula is C16H24N3O2+. The molecule has 114 valence electrons. The molecule has 1 aromatic rings. The molecule has 21 heavy (non-hydrogen) atoms. The van der Waals surface area contributed by atoms with Gasteiger partial charge in [0.25, 0.3) is 5.91 Å². The second-order valence-corrected chi connectivity index (χ2v) is 6.21. The van der Waals surface area contributed by atoms with Crippen LogP contribution >= 0.6 is 0 Å². The zero-order valence-corrected chi connectivity index (χ0v) is 12.6. The number of rotatable bonds is 3. The van der Waals surface area contributed by atoms with Gasteiger partial charge in [0.15, 0.2) is 6.04 Å². The van der Waals surface area contributed by atoms with E-state index in [-0.39, 0.29) is 11.9 Å². The lowest BCUT2D eigenvalue weighted by Gasteiger charge is -2.36. The highest BCUT2D eigenvalue weighted by Crippen LogP contribution is 2.16. The molecule has 0 aliphatic carbocycles. The van der Waals surface area contributed by atoms with Crippen molar-refractivity contribution in [1.82, 2.24) is 5.32 Å². The third-order valence-electron chi connectivity index (χ3n) is 4.08. The molecule has 5 heteroatoms. The third-order valence-corrected chi connectivity index (χ3v) is 4.08. The fourth-order valence-electron chi connectivity index (χ4n) is 3.48. The molecule has 0 bridgehead atoms. The van der Waals surface area contributed by atoms with Crippen LogP contribution in [0.15, 0.2) is 30.3 Å². The second-order valence-electron chi connectivity index (χ2n) is 6.21. The highest BCUT2D eigenvalue weighted by molar-refractivity contribution is 5.96. The molecular weight excluding hydrogens is 266 g/mol. The van der Waals surface area contributed by atoms with Crippen LogP contribution in [0.25, 0.3) is 0 Å². The summed E-state index contributed by atoms with van der Waals surface area (Å²) >= 11 is 0. The Hall–Kier alpha value is -1.88. The number of piperidine rings is 1. The summed E-state index contributed by atoms with van der Waals surface area (Å²) in [5, 5.41) is 2.25. The zero-order chi connectivity index (χ0) is 15.4. The first-order valence-electron chi connectivity index (χ1n) is 7.47. The molecule has 5 nitrogen and oxygen atoms in total. The van der Waals surface area contributed by atoms with Gasteiger partial charge < -0.3 is 10.6 Å². The Morgan fingerprint density at radius 1 is 1.19 bits per heavy atom. The minimum Gasteiger partial charge on any atom is -0.351 e. The Bertz CT molecular complexity index is 494. The lowest BCUT2D eigenvalue weighted by atomic mass is 9.89. The third kappa shape index (κ3) is 4.04. The summed E-state index contributed by atoms with van der Waals surface area (Å²) < 4.78 is 0. The molecule has 0 unspecified atom stereocenters. The second kappa shape index (κ2) is 6.72. The van der Waals surface area contributed by atoms with Crippen molar-refractivity contribution in [2.75, 3.05) is 13.1 Å². The maximum absolute atomic E-state index is 12.4. The Labute approximate surface area is 125 Å². The first-order valence-corrected chi connectivity index (χ1v) is 7.47. The average Bonchev–Trinajstić information content (AvgIpc) is 2.38. The quantitative estimate of drug-likeness (QED) is 0.757. The summed E-state index contributed by atoms with van der Waals surface area (Å²) in [5.74, 6) is 0.817. The Morgan fingerprint density at radius 2 is 1.76 bits per heavy atom. The van der Waals surface area contributed by atoms with Crippen LogP contribution in [0.5, 0.6) is 0 Å². The number of benzene rings is 1.